The fourth-order valence-corrected chi connectivity index (χ4v) is 8.00. The van der Waals surface area contributed by atoms with Gasteiger partial charge >= 0.3 is 5.69 Å². The molecule has 0 spiro atoms. The lowest BCUT2D eigenvalue weighted by Crippen LogP contribution is -2.48. The van der Waals surface area contributed by atoms with Crippen LogP contribution in [-0.4, -0.2) is 30.7 Å². The van der Waals surface area contributed by atoms with Crippen LogP contribution in [0.15, 0.2) is 37.3 Å². The second-order valence-electron chi connectivity index (χ2n) is 11.1. The quantitative estimate of drug-likeness (QED) is 0.463. The van der Waals surface area contributed by atoms with Gasteiger partial charge < -0.3 is 5.11 Å². The van der Waals surface area contributed by atoms with E-state index >= 15 is 0 Å². The predicted octanol–water partition coefficient (Wildman–Crippen LogP) is 4.56. The summed E-state index contributed by atoms with van der Waals surface area (Å²) in [5, 5.41) is 15.4. The number of nitrogens with zero attached hydrogens (tertiary/aromatic N) is 4. The van der Waals surface area contributed by atoms with Crippen molar-refractivity contribution in [2.75, 3.05) is 0 Å². The van der Waals surface area contributed by atoms with E-state index in [1.165, 1.54) is 50.3 Å². The Balaban J connectivity index is 1.40. The third kappa shape index (κ3) is 3.62. The molecule has 0 aliphatic heterocycles. The van der Waals surface area contributed by atoms with Crippen LogP contribution >= 0.6 is 15.9 Å². The summed E-state index contributed by atoms with van der Waals surface area (Å²) in [6, 6.07) is 6.07. The highest BCUT2D eigenvalue weighted by Crippen LogP contribution is 2.61. The van der Waals surface area contributed by atoms with Gasteiger partial charge in [-0.15, -0.1) is 0 Å². The maximum Gasteiger partial charge on any atom is 0.335 e. The number of rotatable bonds is 4. The number of benzene rings is 1. The average molecular weight is 552 g/mol. The number of nitrogens with one attached hydrogen (secondary N) is 1. The topological polar surface area (TPSA) is 105 Å². The number of halogens is 1. The van der Waals surface area contributed by atoms with Gasteiger partial charge in [-0.2, -0.15) is 5.10 Å². The van der Waals surface area contributed by atoms with E-state index in [-0.39, 0.29) is 11.0 Å². The summed E-state index contributed by atoms with van der Waals surface area (Å²) < 4.78 is 3.54. The maximum absolute atomic E-state index is 12.8. The van der Waals surface area contributed by atoms with Gasteiger partial charge in [-0.25, -0.2) is 9.36 Å². The van der Waals surface area contributed by atoms with Gasteiger partial charge in [0.1, 0.15) is 11.3 Å². The van der Waals surface area contributed by atoms with Gasteiger partial charge in [-0.1, -0.05) is 6.07 Å². The normalized spacial score (nSPS) is 26.8. The molecule has 3 aromatic rings. The molecular formula is C27H30BrN5O3. The monoisotopic (exact) mass is 551 g/mol. The fraction of sp³-hybridized carbons (Fsp3) is 0.481. The van der Waals surface area contributed by atoms with E-state index in [0.29, 0.717) is 21.5 Å². The second kappa shape index (κ2) is 8.30. The molecule has 4 saturated carbocycles. The number of aromatic hydroxyl groups is 1. The lowest BCUT2D eigenvalue weighted by Gasteiger charge is -2.57. The summed E-state index contributed by atoms with van der Waals surface area (Å²) in [4.78, 5) is 32.2. The van der Waals surface area contributed by atoms with E-state index in [9.17, 15) is 14.7 Å². The maximum atomic E-state index is 12.8. The molecule has 1 aromatic carbocycles. The Bertz CT molecular complexity index is 1490. The summed E-state index contributed by atoms with van der Waals surface area (Å²) in [5.74, 6) is 2.04. The van der Waals surface area contributed by atoms with E-state index in [1.54, 1.807) is 4.68 Å². The number of hydrogen-bond donors (Lipinski definition) is 2. The van der Waals surface area contributed by atoms with E-state index in [0.717, 1.165) is 28.0 Å². The molecule has 2 aromatic heterocycles. The number of aromatic amines is 1. The van der Waals surface area contributed by atoms with Gasteiger partial charge in [-0.05, 0) is 109 Å². The van der Waals surface area contributed by atoms with Crippen molar-refractivity contribution >= 4 is 27.8 Å². The molecule has 0 radical (unpaired) electrons. The van der Waals surface area contributed by atoms with E-state index < -0.39 is 17.1 Å². The second-order valence-corrected chi connectivity index (χ2v) is 12.0. The molecule has 2 N–H and O–H groups in total. The van der Waals surface area contributed by atoms with Crippen molar-refractivity contribution in [2.24, 2.45) is 29.8 Å². The zero-order valence-corrected chi connectivity index (χ0v) is 22.3. The third-order valence-corrected chi connectivity index (χ3v) is 9.39. The van der Waals surface area contributed by atoms with Crippen molar-refractivity contribution in [3.05, 3.63) is 66.0 Å². The zero-order valence-electron chi connectivity index (χ0n) is 20.7. The lowest BCUT2D eigenvalue weighted by atomic mass is 9.48. The predicted molar refractivity (Wildman–Crippen MR) is 142 cm³/mol. The Morgan fingerprint density at radius 3 is 2.33 bits per heavy atom. The van der Waals surface area contributed by atoms with E-state index in [1.807, 2.05) is 27.0 Å². The van der Waals surface area contributed by atoms with Crippen LogP contribution in [0, 0.1) is 31.6 Å². The van der Waals surface area contributed by atoms with Crippen LogP contribution in [-0.2, 0) is 12.5 Å². The molecular weight excluding hydrogens is 522 g/mol. The molecule has 188 valence electrons. The largest absolute Gasteiger partial charge is 0.493 e. The van der Waals surface area contributed by atoms with Gasteiger partial charge in [-0.3, -0.25) is 19.5 Å². The van der Waals surface area contributed by atoms with Crippen LogP contribution < -0.4 is 11.2 Å². The van der Waals surface area contributed by atoms with Crippen molar-refractivity contribution in [3.8, 4) is 11.6 Å². The third-order valence-electron chi connectivity index (χ3n) is 8.75. The molecule has 9 heteroatoms. The number of hydrogen-bond acceptors (Lipinski definition) is 5. The van der Waals surface area contributed by atoms with Crippen molar-refractivity contribution < 1.29 is 5.11 Å². The van der Waals surface area contributed by atoms with Crippen molar-refractivity contribution in [2.45, 2.75) is 57.8 Å². The van der Waals surface area contributed by atoms with E-state index in [4.69, 9.17) is 0 Å². The van der Waals surface area contributed by atoms with Gasteiger partial charge in [0.25, 0.3) is 5.56 Å². The molecule has 0 unspecified atom stereocenters. The van der Waals surface area contributed by atoms with Gasteiger partial charge in [0, 0.05) is 17.7 Å². The number of aliphatic imine (C=N–C) groups is 1. The minimum Gasteiger partial charge on any atom is -0.493 e. The molecule has 0 atom stereocenters. The van der Waals surface area contributed by atoms with Crippen LogP contribution in [0.2, 0.25) is 0 Å². The van der Waals surface area contributed by atoms with Gasteiger partial charge in [0.2, 0.25) is 5.88 Å². The SMILES string of the molecule is Cc1nn(C)c(C)c1N=Cc1c(O)n(-c2ccc(C34CC5CC(CC(C5)C3)C4)cc2Br)c(=O)[nH]c1=O. The fourth-order valence-electron chi connectivity index (χ4n) is 7.44. The molecule has 4 aliphatic rings. The summed E-state index contributed by atoms with van der Waals surface area (Å²) in [5.41, 5.74) is 2.66. The number of aryl methyl sites for hydroxylation is 2. The molecule has 8 nitrogen and oxygen atoms in total. The highest BCUT2D eigenvalue weighted by Gasteiger charge is 2.51. The number of aromatic nitrogens is 4. The van der Waals surface area contributed by atoms with Crippen molar-refractivity contribution in [1.82, 2.24) is 19.3 Å². The molecule has 7 rings (SSSR count). The molecule has 4 fully saturated rings. The lowest BCUT2D eigenvalue weighted by molar-refractivity contribution is -0.00521. The number of H-pyrrole nitrogens is 1. The Morgan fingerprint density at radius 1 is 1.14 bits per heavy atom. The van der Waals surface area contributed by atoms with Crippen molar-refractivity contribution in [1.29, 1.82) is 0 Å². The molecule has 0 amide bonds. The Labute approximate surface area is 217 Å². The van der Waals surface area contributed by atoms with Gasteiger partial charge in [0.05, 0.1) is 17.1 Å². The molecule has 4 aliphatic carbocycles. The Kier molecular flexibility index (Phi) is 5.41. The molecule has 2 heterocycles. The minimum atomic E-state index is -0.702. The van der Waals surface area contributed by atoms with Gasteiger partial charge in [0.15, 0.2) is 0 Å². The standard InChI is InChI=1S/C27H30BrN5O3/c1-14-23(15(2)32(3)31-14)29-13-20-24(34)30-26(36)33(25(20)35)22-5-4-19(9-21(22)28)27-10-16-6-17(11-27)8-18(7-16)12-27/h4-5,9,13,16-18,35H,6-8,10-12H2,1-3H3,(H,30,34,36). The Hall–Kier alpha value is -2.94. The highest BCUT2D eigenvalue weighted by molar-refractivity contribution is 9.10. The first-order valence-electron chi connectivity index (χ1n) is 12.6. The highest BCUT2D eigenvalue weighted by atomic mass is 79.9. The van der Waals surface area contributed by atoms with Crippen molar-refractivity contribution in [3.63, 3.8) is 0 Å². The first kappa shape index (κ1) is 23.5. The van der Waals surface area contributed by atoms with Crippen LogP contribution in [0.3, 0.4) is 0 Å². The first-order chi connectivity index (χ1) is 17.1. The summed E-state index contributed by atoms with van der Waals surface area (Å²) in [6.07, 6.45) is 9.14. The summed E-state index contributed by atoms with van der Waals surface area (Å²) in [7, 11) is 1.82. The van der Waals surface area contributed by atoms with E-state index in [2.05, 4.69) is 43.1 Å². The molecule has 0 saturated heterocycles. The van der Waals surface area contributed by atoms with Crippen LogP contribution in [0.1, 0.15) is 61.0 Å². The zero-order chi connectivity index (χ0) is 25.4. The average Bonchev–Trinajstić information content (AvgIpc) is 3.04. The first-order valence-corrected chi connectivity index (χ1v) is 13.4. The summed E-state index contributed by atoms with van der Waals surface area (Å²) in [6.45, 7) is 3.70. The molecule has 36 heavy (non-hydrogen) atoms. The molecule has 4 bridgehead atoms. The van der Waals surface area contributed by atoms with Crippen LogP contribution in [0.25, 0.3) is 5.69 Å². The smallest absolute Gasteiger partial charge is 0.335 e. The minimum absolute atomic E-state index is 0.0886. The van der Waals surface area contributed by atoms with Crippen LogP contribution in [0.4, 0.5) is 5.69 Å². The summed E-state index contributed by atoms with van der Waals surface area (Å²) >= 11 is 3.66. The van der Waals surface area contributed by atoms with Crippen LogP contribution in [0.5, 0.6) is 5.88 Å². The Morgan fingerprint density at radius 2 is 1.78 bits per heavy atom.